The smallest absolute Gasteiger partial charge is 0.228 e. The molecule has 2 amide bonds. The molecule has 2 aliphatic rings. The largest absolute Gasteiger partial charge is 0.373 e. The van der Waals surface area contributed by atoms with Gasteiger partial charge < -0.3 is 15.1 Å². The van der Waals surface area contributed by atoms with E-state index >= 15 is 0 Å². The van der Waals surface area contributed by atoms with Crippen molar-refractivity contribution in [2.75, 3.05) is 38.5 Å². The van der Waals surface area contributed by atoms with Crippen molar-refractivity contribution in [3.05, 3.63) is 53.5 Å². The number of likely N-dealkylation sites (tertiary alicyclic amines) is 2. The summed E-state index contributed by atoms with van der Waals surface area (Å²) in [6.45, 7) is 8.91. The summed E-state index contributed by atoms with van der Waals surface area (Å²) >= 11 is 0. The molecule has 182 valence electrons. The third kappa shape index (κ3) is 5.08. The maximum absolute atomic E-state index is 13.7. The maximum Gasteiger partial charge on any atom is 0.228 e. The Labute approximate surface area is 203 Å². The number of benzene rings is 1. The highest BCUT2D eigenvalue weighted by atomic mass is 16.2. The zero-order valence-corrected chi connectivity index (χ0v) is 20.9. The molecule has 1 aromatic heterocycles. The van der Waals surface area contributed by atoms with E-state index in [9.17, 15) is 9.59 Å². The lowest BCUT2D eigenvalue weighted by Gasteiger charge is -2.46. The molecule has 1 atom stereocenters. The third-order valence-corrected chi connectivity index (χ3v) is 7.63. The fraction of sp³-hybridized carbons (Fsp3) is 0.556. The maximum atomic E-state index is 13.7. The van der Waals surface area contributed by atoms with Crippen LogP contribution >= 0.6 is 0 Å². The molecule has 0 bridgehead atoms. The van der Waals surface area contributed by atoms with Gasteiger partial charge in [0.25, 0.3) is 0 Å². The quantitative estimate of drug-likeness (QED) is 0.733. The molecule has 2 saturated heterocycles. The molecular weight excluding hydrogens is 426 g/mol. The first-order valence-electron chi connectivity index (χ1n) is 12.4. The van der Waals surface area contributed by atoms with Crippen LogP contribution in [0.1, 0.15) is 56.6 Å². The molecule has 34 heavy (non-hydrogen) atoms. The van der Waals surface area contributed by atoms with Crippen molar-refractivity contribution < 1.29 is 9.59 Å². The van der Waals surface area contributed by atoms with Crippen LogP contribution in [0.2, 0.25) is 0 Å². The number of anilines is 1. The summed E-state index contributed by atoms with van der Waals surface area (Å²) in [7, 11) is 1.86. The first kappa shape index (κ1) is 24.2. The molecule has 7 nitrogen and oxygen atoms in total. The van der Waals surface area contributed by atoms with E-state index in [0.29, 0.717) is 38.9 Å². The summed E-state index contributed by atoms with van der Waals surface area (Å²) in [5, 5.41) is 3.12. The van der Waals surface area contributed by atoms with E-state index in [2.05, 4.69) is 24.1 Å². The minimum Gasteiger partial charge on any atom is -0.373 e. The summed E-state index contributed by atoms with van der Waals surface area (Å²) < 4.78 is 0. The zero-order chi connectivity index (χ0) is 24.3. The summed E-state index contributed by atoms with van der Waals surface area (Å²) in [5.74, 6) is 1.91. The van der Waals surface area contributed by atoms with Crippen molar-refractivity contribution in [2.24, 2.45) is 5.41 Å². The van der Waals surface area contributed by atoms with Gasteiger partial charge in [-0.05, 0) is 38.2 Å². The van der Waals surface area contributed by atoms with Crippen LogP contribution in [0.25, 0.3) is 0 Å². The van der Waals surface area contributed by atoms with Gasteiger partial charge in [0.15, 0.2) is 0 Å². The fourth-order valence-electron chi connectivity index (χ4n) is 5.35. The lowest BCUT2D eigenvalue weighted by molar-refractivity contribution is -0.149. The van der Waals surface area contributed by atoms with E-state index in [4.69, 9.17) is 4.98 Å². The molecule has 2 aromatic rings. The Morgan fingerprint density at radius 1 is 1.00 bits per heavy atom. The topological polar surface area (TPSA) is 78.4 Å². The first-order chi connectivity index (χ1) is 16.2. The van der Waals surface area contributed by atoms with Gasteiger partial charge in [0.2, 0.25) is 11.8 Å². The van der Waals surface area contributed by atoms with Gasteiger partial charge in [0.05, 0.1) is 12.1 Å². The monoisotopic (exact) mass is 463 g/mol. The van der Waals surface area contributed by atoms with Crippen molar-refractivity contribution in [3.63, 3.8) is 0 Å². The number of nitrogens with one attached hydrogen (secondary N) is 1. The Kier molecular flexibility index (Phi) is 6.91. The zero-order valence-electron chi connectivity index (χ0n) is 20.9. The number of carbonyl (C=O) groups excluding carboxylic acids is 2. The van der Waals surface area contributed by atoms with Crippen LogP contribution in [-0.2, 0) is 21.4 Å². The van der Waals surface area contributed by atoms with Crippen molar-refractivity contribution in [3.8, 4) is 0 Å². The normalized spacial score (nSPS) is 22.4. The molecule has 2 aliphatic heterocycles. The van der Waals surface area contributed by atoms with Crippen molar-refractivity contribution in [1.29, 1.82) is 0 Å². The van der Waals surface area contributed by atoms with Crippen LogP contribution in [0, 0.1) is 12.3 Å². The van der Waals surface area contributed by atoms with Gasteiger partial charge in [-0.25, -0.2) is 9.97 Å². The average molecular weight is 464 g/mol. The predicted molar refractivity (Wildman–Crippen MR) is 134 cm³/mol. The van der Waals surface area contributed by atoms with Gasteiger partial charge in [-0.3, -0.25) is 9.59 Å². The number of hydrogen-bond acceptors (Lipinski definition) is 5. The third-order valence-electron chi connectivity index (χ3n) is 7.63. The highest BCUT2D eigenvalue weighted by Gasteiger charge is 2.44. The minimum atomic E-state index is -0.431. The van der Waals surface area contributed by atoms with E-state index in [1.165, 1.54) is 0 Å². The van der Waals surface area contributed by atoms with Crippen LogP contribution in [0.15, 0.2) is 36.4 Å². The highest BCUT2D eigenvalue weighted by molar-refractivity contribution is 5.84. The number of nitrogens with zero attached hydrogens (tertiary/aromatic N) is 4. The Morgan fingerprint density at radius 2 is 1.71 bits per heavy atom. The summed E-state index contributed by atoms with van der Waals surface area (Å²) in [4.78, 5) is 39.6. The van der Waals surface area contributed by atoms with Gasteiger partial charge in [-0.2, -0.15) is 0 Å². The van der Waals surface area contributed by atoms with Gasteiger partial charge in [0, 0.05) is 50.1 Å². The summed E-state index contributed by atoms with van der Waals surface area (Å²) in [5.41, 5.74) is 1.40. The lowest BCUT2D eigenvalue weighted by Crippen LogP contribution is -2.54. The number of hydrogen-bond donors (Lipinski definition) is 1. The molecule has 1 aromatic carbocycles. The molecule has 0 radical (unpaired) electrons. The average Bonchev–Trinajstić information content (AvgIpc) is 2.84. The number of carbonyl (C=O) groups is 2. The molecule has 2 fully saturated rings. The number of aromatic nitrogens is 2. The fourth-order valence-corrected chi connectivity index (χ4v) is 5.35. The molecule has 7 heteroatoms. The Balaban J connectivity index is 1.40. The van der Waals surface area contributed by atoms with Crippen LogP contribution in [0.3, 0.4) is 0 Å². The second kappa shape index (κ2) is 9.72. The van der Waals surface area contributed by atoms with Crippen molar-refractivity contribution in [2.45, 2.75) is 58.3 Å². The van der Waals surface area contributed by atoms with Gasteiger partial charge in [-0.15, -0.1) is 0 Å². The Morgan fingerprint density at radius 3 is 2.38 bits per heavy atom. The second-order valence-electron chi connectivity index (χ2n) is 10.4. The van der Waals surface area contributed by atoms with E-state index in [1.807, 2.05) is 60.2 Å². The number of aryl methyl sites for hydroxylation is 1. The van der Waals surface area contributed by atoms with E-state index < -0.39 is 5.41 Å². The van der Waals surface area contributed by atoms with Crippen LogP contribution in [0.4, 0.5) is 5.82 Å². The van der Waals surface area contributed by atoms with Gasteiger partial charge in [-0.1, -0.05) is 44.2 Å². The predicted octanol–water partition coefficient (Wildman–Crippen LogP) is 3.58. The van der Waals surface area contributed by atoms with Crippen LogP contribution in [0.5, 0.6) is 0 Å². The number of amides is 2. The van der Waals surface area contributed by atoms with Gasteiger partial charge >= 0.3 is 0 Å². The molecular formula is C27H37N5O2. The second-order valence-corrected chi connectivity index (χ2v) is 10.4. The van der Waals surface area contributed by atoms with E-state index in [-0.39, 0.29) is 17.2 Å². The Hall–Kier alpha value is -2.96. The Bertz CT molecular complexity index is 1030. The highest BCUT2D eigenvalue weighted by Crippen LogP contribution is 2.38. The van der Waals surface area contributed by atoms with Crippen molar-refractivity contribution in [1.82, 2.24) is 19.8 Å². The van der Waals surface area contributed by atoms with Crippen molar-refractivity contribution >= 4 is 17.6 Å². The molecule has 4 rings (SSSR count). The number of rotatable bonds is 5. The standard InChI is InChI=1S/C27H37N5O2/c1-20-29-22(18-23(28-4)30-20)27(3)11-8-14-32(19-27)25(34)26(2)12-15-31(16-13-26)24(33)17-21-9-6-5-7-10-21/h5-7,9-10,18H,8,11-17,19H2,1-4H3,(H,28,29,30). The number of piperidine rings is 2. The lowest BCUT2D eigenvalue weighted by atomic mass is 9.75. The SMILES string of the molecule is CNc1cc(C2(C)CCCN(C(=O)C3(C)CCN(C(=O)Cc4ccccc4)CC3)C2)nc(C)n1. The minimum absolute atomic E-state index is 0.144. The molecule has 3 heterocycles. The molecule has 0 aliphatic carbocycles. The van der Waals surface area contributed by atoms with Gasteiger partial charge in [0.1, 0.15) is 11.6 Å². The van der Waals surface area contributed by atoms with E-state index in [0.717, 1.165) is 42.3 Å². The summed E-state index contributed by atoms with van der Waals surface area (Å²) in [6.07, 6.45) is 3.78. The summed E-state index contributed by atoms with van der Waals surface area (Å²) in [6, 6.07) is 11.9. The molecule has 1 unspecified atom stereocenters. The van der Waals surface area contributed by atoms with Crippen LogP contribution < -0.4 is 5.32 Å². The molecule has 0 saturated carbocycles. The molecule has 1 N–H and O–H groups in total. The first-order valence-corrected chi connectivity index (χ1v) is 12.4. The van der Waals surface area contributed by atoms with Crippen LogP contribution in [-0.4, -0.2) is 64.8 Å². The van der Waals surface area contributed by atoms with E-state index in [1.54, 1.807) is 0 Å². The molecule has 0 spiro atoms.